The molecule has 1 N–H and O–H groups in total. The zero-order valence-corrected chi connectivity index (χ0v) is 3.79. The first-order chi connectivity index (χ1) is 3.27. The van der Waals surface area contributed by atoms with E-state index in [4.69, 9.17) is 5.11 Å². The van der Waals surface area contributed by atoms with Gasteiger partial charge in [-0.3, -0.25) is 0 Å². The van der Waals surface area contributed by atoms with Crippen molar-refractivity contribution in [3.63, 3.8) is 0 Å². The van der Waals surface area contributed by atoms with Crippen molar-refractivity contribution in [1.82, 2.24) is 0 Å². The molecular weight excluding hydrogens is 98.0 g/mol. The van der Waals surface area contributed by atoms with Crippen LogP contribution in [0, 0.1) is 0 Å². The summed E-state index contributed by atoms with van der Waals surface area (Å²) in [4.78, 5) is 13.6. The standard InChI is InChI=1S/C3H5NO3/c1-7-4-2-3(5)6/h2H,1H3,(H,5,6)/b4-2-. The van der Waals surface area contributed by atoms with Crippen LogP contribution in [0.25, 0.3) is 0 Å². The van der Waals surface area contributed by atoms with Crippen molar-refractivity contribution in [2.45, 2.75) is 0 Å². The molecule has 0 aromatic carbocycles. The van der Waals surface area contributed by atoms with Crippen LogP contribution in [0.4, 0.5) is 0 Å². The van der Waals surface area contributed by atoms with Gasteiger partial charge in [-0.05, 0) is 0 Å². The normalized spacial score (nSPS) is 9.29. The van der Waals surface area contributed by atoms with Crippen LogP contribution in [0.5, 0.6) is 0 Å². The summed E-state index contributed by atoms with van der Waals surface area (Å²) in [7, 11) is 1.28. The van der Waals surface area contributed by atoms with E-state index in [2.05, 4.69) is 9.99 Å². The van der Waals surface area contributed by atoms with Crippen LogP contribution >= 0.6 is 0 Å². The highest BCUT2D eigenvalue weighted by Crippen LogP contribution is 1.61. The second kappa shape index (κ2) is 3.14. The van der Waals surface area contributed by atoms with Gasteiger partial charge >= 0.3 is 5.97 Å². The molecule has 0 radical (unpaired) electrons. The van der Waals surface area contributed by atoms with E-state index in [0.717, 1.165) is 0 Å². The predicted octanol–water partition coefficient (Wildman–Crippen LogP) is -0.297. The fourth-order valence-corrected chi connectivity index (χ4v) is 0.0978. The summed E-state index contributed by atoms with van der Waals surface area (Å²) in [5, 5.41) is 10.8. The Morgan fingerprint density at radius 3 is 2.71 bits per heavy atom. The molecule has 0 spiro atoms. The van der Waals surface area contributed by atoms with E-state index in [1.807, 2.05) is 0 Å². The fraction of sp³-hybridized carbons (Fsp3) is 0.333. The lowest BCUT2D eigenvalue weighted by atomic mass is 10.8. The molecule has 0 amide bonds. The molecule has 0 aromatic rings. The van der Waals surface area contributed by atoms with Crippen molar-refractivity contribution in [3.8, 4) is 0 Å². The highest BCUT2D eigenvalue weighted by Gasteiger charge is 1.82. The average molecular weight is 103 g/mol. The van der Waals surface area contributed by atoms with E-state index < -0.39 is 5.97 Å². The molecule has 0 aliphatic carbocycles. The van der Waals surface area contributed by atoms with E-state index in [0.29, 0.717) is 6.21 Å². The first-order valence-corrected chi connectivity index (χ1v) is 1.57. The van der Waals surface area contributed by atoms with Gasteiger partial charge in [0.2, 0.25) is 0 Å². The summed E-state index contributed by atoms with van der Waals surface area (Å²) in [5.41, 5.74) is 0. The summed E-state index contributed by atoms with van der Waals surface area (Å²) < 4.78 is 0. The molecule has 0 bridgehead atoms. The molecule has 0 aromatic heterocycles. The predicted molar refractivity (Wildman–Crippen MR) is 23.1 cm³/mol. The van der Waals surface area contributed by atoms with Gasteiger partial charge in [0.05, 0.1) is 0 Å². The first-order valence-electron chi connectivity index (χ1n) is 1.57. The molecule has 0 fully saturated rings. The van der Waals surface area contributed by atoms with Crippen molar-refractivity contribution >= 4 is 12.2 Å². The van der Waals surface area contributed by atoms with Crippen LogP contribution in [0.2, 0.25) is 0 Å². The van der Waals surface area contributed by atoms with E-state index >= 15 is 0 Å². The fourth-order valence-electron chi connectivity index (χ4n) is 0.0978. The number of carboxylic acids is 1. The Kier molecular flexibility index (Phi) is 2.67. The summed E-state index contributed by atoms with van der Waals surface area (Å²) in [6.07, 6.45) is 0.667. The largest absolute Gasteiger partial charge is 0.477 e. The van der Waals surface area contributed by atoms with Crippen LogP contribution in [0.3, 0.4) is 0 Å². The van der Waals surface area contributed by atoms with E-state index in [9.17, 15) is 4.79 Å². The minimum atomic E-state index is -1.11. The van der Waals surface area contributed by atoms with Gasteiger partial charge in [-0.1, -0.05) is 5.16 Å². The summed E-state index contributed by atoms with van der Waals surface area (Å²) in [6.45, 7) is 0. The Hall–Kier alpha value is -1.06. The number of oxime groups is 1. The van der Waals surface area contributed by atoms with Crippen LogP contribution in [0.1, 0.15) is 0 Å². The number of aliphatic carboxylic acids is 1. The third kappa shape index (κ3) is 4.94. The lowest BCUT2D eigenvalue weighted by Crippen LogP contribution is -1.94. The molecule has 0 rings (SSSR count). The highest BCUT2D eigenvalue weighted by atomic mass is 16.6. The van der Waals surface area contributed by atoms with Crippen molar-refractivity contribution in [1.29, 1.82) is 0 Å². The zero-order valence-electron chi connectivity index (χ0n) is 3.79. The molecule has 0 aliphatic heterocycles. The molecular formula is C3H5NO3. The molecule has 40 valence electrons. The van der Waals surface area contributed by atoms with E-state index in [1.165, 1.54) is 7.11 Å². The maximum Gasteiger partial charge on any atom is 0.350 e. The second-order valence-corrected chi connectivity index (χ2v) is 0.755. The number of hydrogen-bond donors (Lipinski definition) is 1. The van der Waals surface area contributed by atoms with E-state index in [1.54, 1.807) is 0 Å². The summed E-state index contributed by atoms with van der Waals surface area (Å²) >= 11 is 0. The third-order valence-corrected chi connectivity index (χ3v) is 0.269. The van der Waals surface area contributed by atoms with Gasteiger partial charge < -0.3 is 9.94 Å². The minimum absolute atomic E-state index is 0.667. The van der Waals surface area contributed by atoms with Crippen molar-refractivity contribution < 1.29 is 14.7 Å². The van der Waals surface area contributed by atoms with Crippen molar-refractivity contribution in [2.24, 2.45) is 5.16 Å². The monoisotopic (exact) mass is 103 g/mol. The Labute approximate surface area is 40.4 Å². The maximum atomic E-state index is 9.53. The van der Waals surface area contributed by atoms with Gasteiger partial charge in [-0.15, -0.1) is 0 Å². The number of rotatable bonds is 2. The van der Waals surface area contributed by atoms with Gasteiger partial charge in [-0.2, -0.15) is 0 Å². The maximum absolute atomic E-state index is 9.53. The number of nitrogens with zero attached hydrogens (tertiary/aromatic N) is 1. The number of carboxylic acid groups (broad SMARTS) is 1. The molecule has 7 heavy (non-hydrogen) atoms. The van der Waals surface area contributed by atoms with Crippen molar-refractivity contribution in [3.05, 3.63) is 0 Å². The summed E-state index contributed by atoms with van der Waals surface area (Å²) in [5.74, 6) is -1.11. The van der Waals surface area contributed by atoms with Crippen LogP contribution in [-0.4, -0.2) is 24.4 Å². The first kappa shape index (κ1) is 5.94. The third-order valence-electron chi connectivity index (χ3n) is 0.269. The molecule has 0 atom stereocenters. The Balaban J connectivity index is 3.26. The Morgan fingerprint density at radius 1 is 2.00 bits per heavy atom. The van der Waals surface area contributed by atoms with Gasteiger partial charge in [0, 0.05) is 0 Å². The second-order valence-electron chi connectivity index (χ2n) is 0.755. The molecule has 0 unspecified atom stereocenters. The Bertz CT molecular complexity index is 88.2. The Morgan fingerprint density at radius 2 is 2.57 bits per heavy atom. The molecule has 0 heterocycles. The van der Waals surface area contributed by atoms with Gasteiger partial charge in [-0.25, -0.2) is 4.79 Å². The van der Waals surface area contributed by atoms with Gasteiger partial charge in [0.15, 0.2) is 6.21 Å². The van der Waals surface area contributed by atoms with Crippen LogP contribution < -0.4 is 0 Å². The lowest BCUT2D eigenvalue weighted by molar-refractivity contribution is -0.129. The smallest absolute Gasteiger partial charge is 0.350 e. The number of hydrogen-bond acceptors (Lipinski definition) is 3. The highest BCUT2D eigenvalue weighted by molar-refractivity contribution is 6.21. The van der Waals surface area contributed by atoms with Crippen molar-refractivity contribution in [2.75, 3.05) is 7.11 Å². The molecule has 0 aliphatic rings. The zero-order chi connectivity index (χ0) is 5.70. The van der Waals surface area contributed by atoms with Gasteiger partial charge in [0.1, 0.15) is 7.11 Å². The molecule has 0 saturated carbocycles. The van der Waals surface area contributed by atoms with Crippen LogP contribution in [-0.2, 0) is 9.63 Å². The molecule has 4 heteroatoms. The topological polar surface area (TPSA) is 58.9 Å². The average Bonchev–Trinajstić information content (AvgIpc) is 1.61. The SMILES string of the molecule is CO/N=C\C(=O)O. The lowest BCUT2D eigenvalue weighted by Gasteiger charge is -1.78. The summed E-state index contributed by atoms with van der Waals surface area (Å²) in [6, 6.07) is 0. The van der Waals surface area contributed by atoms with E-state index in [-0.39, 0.29) is 0 Å². The van der Waals surface area contributed by atoms with Gasteiger partial charge in [0.25, 0.3) is 0 Å². The molecule has 4 nitrogen and oxygen atoms in total. The minimum Gasteiger partial charge on any atom is -0.477 e. The molecule has 0 saturated heterocycles. The number of carbonyl (C=O) groups is 1. The van der Waals surface area contributed by atoms with Crippen LogP contribution in [0.15, 0.2) is 5.16 Å². The quantitative estimate of drug-likeness (QED) is 0.385.